The topological polar surface area (TPSA) is 109 Å². The van der Waals surface area contributed by atoms with Crippen molar-refractivity contribution in [1.29, 1.82) is 0 Å². The van der Waals surface area contributed by atoms with Crippen molar-refractivity contribution < 1.29 is 28.8 Å². The summed E-state index contributed by atoms with van der Waals surface area (Å²) in [5, 5.41) is 10.1. The SMILES string of the molecule is CCCCOc1ccc(C2C(C(=O)OCC(C)C)=C(C)N=c3sc(=Cc4ccc(O)c(OCC)c4)c(=O)n32)cc1OC. The zero-order valence-corrected chi connectivity index (χ0v) is 25.7. The third-order valence-corrected chi connectivity index (χ3v) is 7.61. The van der Waals surface area contributed by atoms with Gasteiger partial charge in [0.1, 0.15) is 0 Å². The van der Waals surface area contributed by atoms with Gasteiger partial charge < -0.3 is 24.1 Å². The Morgan fingerprint density at radius 1 is 1.12 bits per heavy atom. The van der Waals surface area contributed by atoms with Gasteiger partial charge in [0.2, 0.25) is 0 Å². The van der Waals surface area contributed by atoms with E-state index < -0.39 is 12.0 Å². The smallest absolute Gasteiger partial charge is 0.338 e. The number of rotatable bonds is 12. The number of thiazole rings is 1. The van der Waals surface area contributed by atoms with E-state index in [2.05, 4.69) is 11.9 Å². The van der Waals surface area contributed by atoms with Gasteiger partial charge in [-0.1, -0.05) is 50.7 Å². The van der Waals surface area contributed by atoms with Crippen molar-refractivity contribution in [1.82, 2.24) is 4.57 Å². The Bertz CT molecular complexity index is 1650. The summed E-state index contributed by atoms with van der Waals surface area (Å²) in [6, 6.07) is 9.56. The van der Waals surface area contributed by atoms with Crippen molar-refractivity contribution >= 4 is 23.4 Å². The molecule has 2 heterocycles. The lowest BCUT2D eigenvalue weighted by atomic mass is 9.95. The number of methoxy groups -OCH3 is 1. The lowest BCUT2D eigenvalue weighted by Gasteiger charge is -2.25. The Morgan fingerprint density at radius 2 is 1.90 bits per heavy atom. The molecule has 1 aromatic heterocycles. The summed E-state index contributed by atoms with van der Waals surface area (Å²) < 4.78 is 24.7. The van der Waals surface area contributed by atoms with Crippen LogP contribution in [0, 0.1) is 5.92 Å². The van der Waals surface area contributed by atoms with Gasteiger partial charge in [-0.3, -0.25) is 9.36 Å². The van der Waals surface area contributed by atoms with Gasteiger partial charge in [-0.2, -0.15) is 0 Å². The van der Waals surface area contributed by atoms with Crippen LogP contribution in [0.15, 0.2) is 57.5 Å². The van der Waals surface area contributed by atoms with Gasteiger partial charge in [0.15, 0.2) is 27.8 Å². The number of phenolic OH excluding ortho intramolecular Hbond substituents is 1. The maximum absolute atomic E-state index is 14.0. The number of aromatic hydroxyl groups is 1. The summed E-state index contributed by atoms with van der Waals surface area (Å²) >= 11 is 1.22. The van der Waals surface area contributed by atoms with Crippen LogP contribution in [0.1, 0.15) is 64.6 Å². The summed E-state index contributed by atoms with van der Waals surface area (Å²) in [6.45, 7) is 10.8. The molecule has 0 aliphatic carbocycles. The molecule has 0 saturated carbocycles. The molecule has 1 atom stereocenters. The van der Waals surface area contributed by atoms with E-state index in [4.69, 9.17) is 18.9 Å². The van der Waals surface area contributed by atoms with Crippen molar-refractivity contribution in [3.05, 3.63) is 78.5 Å². The second kappa shape index (κ2) is 13.7. The quantitative estimate of drug-likeness (QED) is 0.239. The normalized spacial score (nSPS) is 14.9. The number of carbonyl (C=O) groups excluding carboxylic acids is 1. The minimum atomic E-state index is -0.791. The summed E-state index contributed by atoms with van der Waals surface area (Å²) in [5.74, 6) is 1.06. The number of carbonyl (C=O) groups is 1. The monoisotopic (exact) mass is 594 g/mol. The molecule has 0 radical (unpaired) electrons. The van der Waals surface area contributed by atoms with E-state index in [0.717, 1.165) is 12.8 Å². The molecule has 0 amide bonds. The number of esters is 1. The Kier molecular flexibility index (Phi) is 10.1. The number of hydrogen-bond acceptors (Lipinski definition) is 9. The highest BCUT2D eigenvalue weighted by atomic mass is 32.1. The van der Waals surface area contributed by atoms with Crippen LogP contribution in [0.3, 0.4) is 0 Å². The summed E-state index contributed by atoms with van der Waals surface area (Å²) in [4.78, 5) is 32.6. The van der Waals surface area contributed by atoms with E-state index in [1.807, 2.05) is 26.8 Å². The van der Waals surface area contributed by atoms with E-state index in [1.165, 1.54) is 22.0 Å². The third kappa shape index (κ3) is 6.70. The molecule has 10 heteroatoms. The number of fused-ring (bicyclic) bond motifs is 1. The first-order valence-corrected chi connectivity index (χ1v) is 15.0. The van der Waals surface area contributed by atoms with Crippen LogP contribution in [0.2, 0.25) is 0 Å². The van der Waals surface area contributed by atoms with Gasteiger partial charge in [0, 0.05) is 0 Å². The third-order valence-electron chi connectivity index (χ3n) is 6.63. The molecule has 1 aliphatic rings. The van der Waals surface area contributed by atoms with Crippen LogP contribution in [-0.2, 0) is 9.53 Å². The molecule has 0 spiro atoms. The largest absolute Gasteiger partial charge is 0.504 e. The highest BCUT2D eigenvalue weighted by Gasteiger charge is 2.34. The maximum Gasteiger partial charge on any atom is 0.338 e. The average Bonchev–Trinajstić information content (AvgIpc) is 3.27. The number of benzene rings is 2. The Labute approximate surface area is 249 Å². The van der Waals surface area contributed by atoms with Crippen LogP contribution in [0.5, 0.6) is 23.0 Å². The van der Waals surface area contributed by atoms with Crippen molar-refractivity contribution in [3.63, 3.8) is 0 Å². The van der Waals surface area contributed by atoms with Gasteiger partial charge in [-0.05, 0) is 67.7 Å². The highest BCUT2D eigenvalue weighted by Crippen LogP contribution is 2.36. The number of hydrogen-bond donors (Lipinski definition) is 1. The number of ether oxygens (including phenoxy) is 4. The summed E-state index contributed by atoms with van der Waals surface area (Å²) in [6.07, 6.45) is 3.63. The Balaban J connectivity index is 1.87. The molecule has 4 rings (SSSR count). The van der Waals surface area contributed by atoms with Gasteiger partial charge in [-0.25, -0.2) is 9.79 Å². The number of phenols is 1. The Hall–Kier alpha value is -4.05. The van der Waals surface area contributed by atoms with Crippen molar-refractivity contribution in [2.24, 2.45) is 10.9 Å². The standard InChI is InChI=1S/C32H38N2O7S/c1-7-9-14-40-24-13-11-22(17-26(24)38-6)29-28(31(37)41-18-19(3)4)20(5)33-32-34(29)30(36)27(42-32)16-21-10-12-23(35)25(15-21)39-8-2/h10-13,15-17,19,29,35H,7-9,14,18H2,1-6H3. The first-order chi connectivity index (χ1) is 20.2. The number of unbranched alkanes of at least 4 members (excludes halogenated alkanes) is 1. The first-order valence-electron chi connectivity index (χ1n) is 14.1. The molecule has 9 nitrogen and oxygen atoms in total. The molecule has 224 valence electrons. The first kappa shape index (κ1) is 30.9. The van der Waals surface area contributed by atoms with Crippen LogP contribution < -0.4 is 29.1 Å². The fraction of sp³-hybridized carbons (Fsp3) is 0.406. The molecular formula is C32H38N2O7S. The number of nitrogens with zero attached hydrogens (tertiary/aromatic N) is 2. The lowest BCUT2D eigenvalue weighted by molar-refractivity contribution is -0.140. The molecule has 0 bridgehead atoms. The lowest BCUT2D eigenvalue weighted by Crippen LogP contribution is -2.40. The van der Waals surface area contributed by atoms with E-state index in [0.29, 0.717) is 62.2 Å². The van der Waals surface area contributed by atoms with E-state index >= 15 is 0 Å². The van der Waals surface area contributed by atoms with Crippen molar-refractivity contribution in [3.8, 4) is 23.0 Å². The van der Waals surface area contributed by atoms with Crippen LogP contribution in [-0.4, -0.2) is 42.6 Å². The predicted molar refractivity (Wildman–Crippen MR) is 162 cm³/mol. The second-order valence-corrected chi connectivity index (χ2v) is 11.4. The molecule has 1 aliphatic heterocycles. The van der Waals surface area contributed by atoms with Crippen LogP contribution >= 0.6 is 11.3 Å². The second-order valence-electron chi connectivity index (χ2n) is 10.3. The zero-order valence-electron chi connectivity index (χ0n) is 24.9. The van der Waals surface area contributed by atoms with Crippen LogP contribution in [0.25, 0.3) is 6.08 Å². The molecule has 2 aromatic carbocycles. The van der Waals surface area contributed by atoms with Crippen LogP contribution in [0.4, 0.5) is 0 Å². The minimum absolute atomic E-state index is 0.0201. The van der Waals surface area contributed by atoms with Gasteiger partial charge >= 0.3 is 5.97 Å². The molecule has 0 fully saturated rings. The van der Waals surface area contributed by atoms with E-state index in [1.54, 1.807) is 44.4 Å². The van der Waals surface area contributed by atoms with E-state index in [-0.39, 0.29) is 23.8 Å². The predicted octanol–water partition coefficient (Wildman–Crippen LogP) is 4.73. The molecular weight excluding hydrogens is 556 g/mol. The molecule has 1 N–H and O–H groups in total. The van der Waals surface area contributed by atoms with E-state index in [9.17, 15) is 14.7 Å². The molecule has 0 saturated heterocycles. The van der Waals surface area contributed by atoms with Crippen molar-refractivity contribution in [2.75, 3.05) is 26.9 Å². The number of allylic oxidation sites excluding steroid dienone is 1. The van der Waals surface area contributed by atoms with Gasteiger partial charge in [0.05, 0.1) is 48.8 Å². The van der Waals surface area contributed by atoms with Crippen molar-refractivity contribution in [2.45, 2.75) is 53.5 Å². The highest BCUT2D eigenvalue weighted by molar-refractivity contribution is 7.07. The van der Waals surface area contributed by atoms with Gasteiger partial charge in [0.25, 0.3) is 5.56 Å². The molecule has 42 heavy (non-hydrogen) atoms. The average molecular weight is 595 g/mol. The Morgan fingerprint density at radius 3 is 2.60 bits per heavy atom. The fourth-order valence-corrected chi connectivity index (χ4v) is 5.61. The molecule has 3 aromatic rings. The maximum atomic E-state index is 14.0. The number of aromatic nitrogens is 1. The molecule has 1 unspecified atom stereocenters. The fourth-order valence-electron chi connectivity index (χ4n) is 4.56. The minimum Gasteiger partial charge on any atom is -0.504 e. The summed E-state index contributed by atoms with van der Waals surface area (Å²) in [5.41, 5.74) is 1.81. The van der Waals surface area contributed by atoms with Gasteiger partial charge in [-0.15, -0.1) is 0 Å². The zero-order chi connectivity index (χ0) is 30.4. The summed E-state index contributed by atoms with van der Waals surface area (Å²) in [7, 11) is 1.56.